The molecule has 2 amide bonds. The zero-order valence-electron chi connectivity index (χ0n) is 16.1. The Balaban J connectivity index is 1.58. The number of hydrazine groups is 1. The van der Waals surface area contributed by atoms with Gasteiger partial charge in [0, 0.05) is 17.4 Å². The predicted molar refractivity (Wildman–Crippen MR) is 118 cm³/mol. The van der Waals surface area contributed by atoms with E-state index in [9.17, 15) is 14.0 Å². The van der Waals surface area contributed by atoms with E-state index < -0.39 is 11.7 Å². The van der Waals surface area contributed by atoms with Gasteiger partial charge < -0.3 is 5.32 Å². The molecule has 0 aliphatic carbocycles. The minimum atomic E-state index is -0.500. The second-order valence-corrected chi connectivity index (χ2v) is 7.43. The number of anilines is 1. The Morgan fingerprint density at radius 1 is 0.933 bits per heavy atom. The van der Waals surface area contributed by atoms with Crippen LogP contribution < -0.4 is 15.8 Å². The summed E-state index contributed by atoms with van der Waals surface area (Å²) < 4.78 is 13.9. The molecule has 0 atom stereocenters. The van der Waals surface area contributed by atoms with Gasteiger partial charge in [-0.25, -0.2) is 4.39 Å². The molecular weight excluding hydrogens is 449 g/mol. The highest BCUT2D eigenvalue weighted by Gasteiger charge is 2.14. The number of nitrogens with zero attached hydrogens (tertiary/aromatic N) is 1. The summed E-state index contributed by atoms with van der Waals surface area (Å²) in [5.74, 6) is -1.19. The van der Waals surface area contributed by atoms with Crippen molar-refractivity contribution in [3.05, 3.63) is 100 Å². The number of carbonyl (C=O) groups is 2. The Labute approximate surface area is 183 Å². The standard InChI is InChI=1S/C23H21BrFN3O2/c24-21-12-11-18(25)15-20(21)23(30)26-14-13-22(29)27-28(19-9-5-2-6-10-19)16-17-7-3-1-4-8-17/h1-12,15H,13-14,16H2,(H,26,30)(H,27,29). The molecule has 7 heteroatoms. The highest BCUT2D eigenvalue weighted by Crippen LogP contribution is 2.18. The Kier molecular flexibility index (Phi) is 7.57. The molecule has 0 saturated heterocycles. The van der Waals surface area contributed by atoms with Crippen LogP contribution in [0.5, 0.6) is 0 Å². The lowest BCUT2D eigenvalue weighted by molar-refractivity contribution is -0.121. The first kappa shape index (κ1) is 21.5. The summed E-state index contributed by atoms with van der Waals surface area (Å²) >= 11 is 3.23. The highest BCUT2D eigenvalue weighted by atomic mass is 79.9. The van der Waals surface area contributed by atoms with Crippen molar-refractivity contribution in [1.82, 2.24) is 10.7 Å². The van der Waals surface area contributed by atoms with Crippen LogP contribution in [0.4, 0.5) is 10.1 Å². The fraction of sp³-hybridized carbons (Fsp3) is 0.130. The van der Waals surface area contributed by atoms with Gasteiger partial charge in [-0.2, -0.15) is 0 Å². The van der Waals surface area contributed by atoms with E-state index in [1.807, 2.05) is 60.7 Å². The molecule has 0 heterocycles. The predicted octanol–water partition coefficient (Wildman–Crippen LogP) is 4.45. The van der Waals surface area contributed by atoms with Gasteiger partial charge >= 0.3 is 0 Å². The van der Waals surface area contributed by atoms with Crippen molar-refractivity contribution >= 4 is 33.4 Å². The molecule has 5 nitrogen and oxygen atoms in total. The zero-order chi connectivity index (χ0) is 21.3. The summed E-state index contributed by atoms with van der Waals surface area (Å²) in [6.07, 6.45) is 0.0802. The summed E-state index contributed by atoms with van der Waals surface area (Å²) in [7, 11) is 0. The van der Waals surface area contributed by atoms with Crippen LogP contribution in [-0.4, -0.2) is 18.4 Å². The van der Waals surface area contributed by atoms with Gasteiger partial charge in [-0.05, 0) is 51.8 Å². The molecule has 3 aromatic carbocycles. The average molecular weight is 470 g/mol. The third kappa shape index (κ3) is 6.15. The number of nitrogens with one attached hydrogen (secondary N) is 2. The molecule has 30 heavy (non-hydrogen) atoms. The molecule has 0 fully saturated rings. The Bertz CT molecular complexity index is 1000. The van der Waals surface area contributed by atoms with E-state index >= 15 is 0 Å². The first-order valence-corrected chi connectivity index (χ1v) is 10.2. The number of para-hydroxylation sites is 1. The fourth-order valence-corrected chi connectivity index (χ4v) is 3.26. The summed E-state index contributed by atoms with van der Waals surface area (Å²) in [4.78, 5) is 24.7. The lowest BCUT2D eigenvalue weighted by Gasteiger charge is -2.25. The second kappa shape index (κ2) is 10.5. The fourth-order valence-electron chi connectivity index (χ4n) is 2.83. The van der Waals surface area contributed by atoms with Gasteiger partial charge in [0.15, 0.2) is 0 Å². The normalized spacial score (nSPS) is 10.3. The number of hydrogen-bond donors (Lipinski definition) is 2. The van der Waals surface area contributed by atoms with Crippen LogP contribution in [0.15, 0.2) is 83.3 Å². The number of amides is 2. The number of rotatable bonds is 8. The van der Waals surface area contributed by atoms with E-state index in [4.69, 9.17) is 0 Å². The van der Waals surface area contributed by atoms with Crippen molar-refractivity contribution in [2.45, 2.75) is 13.0 Å². The molecule has 0 radical (unpaired) electrons. The van der Waals surface area contributed by atoms with Crippen molar-refractivity contribution < 1.29 is 14.0 Å². The van der Waals surface area contributed by atoms with Crippen LogP contribution in [0.2, 0.25) is 0 Å². The van der Waals surface area contributed by atoms with Crippen LogP contribution in [0.3, 0.4) is 0 Å². The lowest BCUT2D eigenvalue weighted by Crippen LogP contribution is -2.43. The van der Waals surface area contributed by atoms with Crippen LogP contribution in [0.1, 0.15) is 22.3 Å². The van der Waals surface area contributed by atoms with E-state index in [-0.39, 0.29) is 24.4 Å². The molecule has 0 aliphatic rings. The van der Waals surface area contributed by atoms with Crippen molar-refractivity contribution in [2.24, 2.45) is 0 Å². The molecular formula is C23H21BrFN3O2. The molecule has 3 rings (SSSR count). The first-order chi connectivity index (χ1) is 14.5. The molecule has 154 valence electrons. The highest BCUT2D eigenvalue weighted by molar-refractivity contribution is 9.10. The van der Waals surface area contributed by atoms with E-state index in [2.05, 4.69) is 26.7 Å². The molecule has 0 bridgehead atoms. The van der Waals surface area contributed by atoms with Gasteiger partial charge in [0.1, 0.15) is 5.82 Å². The molecule has 0 aliphatic heterocycles. The third-order valence-electron chi connectivity index (χ3n) is 4.32. The molecule has 2 N–H and O–H groups in total. The number of carbonyl (C=O) groups excluding carboxylic acids is 2. The van der Waals surface area contributed by atoms with Crippen LogP contribution in [-0.2, 0) is 11.3 Å². The summed E-state index contributed by atoms with van der Waals surface area (Å²) in [6.45, 7) is 0.626. The maximum atomic E-state index is 13.4. The summed E-state index contributed by atoms with van der Waals surface area (Å²) in [6, 6.07) is 23.2. The summed E-state index contributed by atoms with van der Waals surface area (Å²) in [5, 5.41) is 4.41. The quantitative estimate of drug-likeness (QED) is 0.479. The minimum absolute atomic E-state index is 0.0802. The Morgan fingerprint density at radius 3 is 2.30 bits per heavy atom. The number of hydrogen-bond acceptors (Lipinski definition) is 3. The minimum Gasteiger partial charge on any atom is -0.351 e. The zero-order valence-corrected chi connectivity index (χ0v) is 17.7. The van der Waals surface area contributed by atoms with Gasteiger partial charge in [-0.1, -0.05) is 48.5 Å². The molecule has 0 unspecified atom stereocenters. The SMILES string of the molecule is O=C(CCNC(=O)c1cc(F)ccc1Br)NN(Cc1ccccc1)c1ccccc1. The van der Waals surface area contributed by atoms with Gasteiger partial charge in [0.2, 0.25) is 5.91 Å². The van der Waals surface area contributed by atoms with Gasteiger partial charge in [-0.3, -0.25) is 20.0 Å². The van der Waals surface area contributed by atoms with Crippen LogP contribution in [0, 0.1) is 5.82 Å². The second-order valence-electron chi connectivity index (χ2n) is 6.57. The van der Waals surface area contributed by atoms with Crippen molar-refractivity contribution in [2.75, 3.05) is 11.6 Å². The largest absolute Gasteiger partial charge is 0.351 e. The van der Waals surface area contributed by atoms with Gasteiger partial charge in [0.25, 0.3) is 5.91 Å². The molecule has 0 saturated carbocycles. The average Bonchev–Trinajstić information content (AvgIpc) is 2.76. The first-order valence-electron chi connectivity index (χ1n) is 9.42. The van der Waals surface area contributed by atoms with E-state index in [0.717, 1.165) is 17.3 Å². The van der Waals surface area contributed by atoms with Crippen molar-refractivity contribution in [3.8, 4) is 0 Å². The Morgan fingerprint density at radius 2 is 1.60 bits per heavy atom. The number of halogens is 2. The maximum Gasteiger partial charge on any atom is 0.252 e. The molecule has 0 spiro atoms. The molecule has 0 aromatic heterocycles. The lowest BCUT2D eigenvalue weighted by atomic mass is 10.2. The van der Waals surface area contributed by atoms with Gasteiger partial charge in [0.05, 0.1) is 17.8 Å². The maximum absolute atomic E-state index is 13.4. The van der Waals surface area contributed by atoms with Crippen molar-refractivity contribution in [3.63, 3.8) is 0 Å². The van der Waals surface area contributed by atoms with Crippen LogP contribution in [0.25, 0.3) is 0 Å². The summed E-state index contributed by atoms with van der Waals surface area (Å²) in [5.41, 5.74) is 4.97. The molecule has 3 aromatic rings. The van der Waals surface area contributed by atoms with E-state index in [1.165, 1.54) is 12.1 Å². The third-order valence-corrected chi connectivity index (χ3v) is 5.01. The van der Waals surface area contributed by atoms with E-state index in [0.29, 0.717) is 11.0 Å². The monoisotopic (exact) mass is 469 g/mol. The van der Waals surface area contributed by atoms with E-state index in [1.54, 1.807) is 5.01 Å². The Hall–Kier alpha value is -3.19. The van der Waals surface area contributed by atoms with Crippen LogP contribution >= 0.6 is 15.9 Å². The topological polar surface area (TPSA) is 61.4 Å². The van der Waals surface area contributed by atoms with Crippen molar-refractivity contribution in [1.29, 1.82) is 0 Å². The smallest absolute Gasteiger partial charge is 0.252 e. The number of benzene rings is 3. The van der Waals surface area contributed by atoms with Gasteiger partial charge in [-0.15, -0.1) is 0 Å².